The Morgan fingerprint density at radius 2 is 1.95 bits per heavy atom. The molecule has 0 aromatic heterocycles. The van der Waals surface area contributed by atoms with Crippen LogP contribution in [-0.4, -0.2) is 28.2 Å². The summed E-state index contributed by atoms with van der Waals surface area (Å²) in [4.78, 5) is 12.3. The van der Waals surface area contributed by atoms with Crippen LogP contribution >= 0.6 is 0 Å². The number of para-hydroxylation sites is 1. The van der Waals surface area contributed by atoms with Crippen LogP contribution < -0.4 is 9.47 Å². The highest BCUT2D eigenvalue weighted by atomic mass is 16.5. The number of hydrogen-bond acceptors (Lipinski definition) is 6. The van der Waals surface area contributed by atoms with E-state index in [1.807, 2.05) is 0 Å². The summed E-state index contributed by atoms with van der Waals surface area (Å²) in [7, 11) is 1.43. The van der Waals surface area contributed by atoms with E-state index in [4.69, 9.17) is 9.47 Å². The van der Waals surface area contributed by atoms with Crippen molar-refractivity contribution in [3.63, 3.8) is 0 Å². The van der Waals surface area contributed by atoms with Crippen LogP contribution in [0.3, 0.4) is 0 Å². The minimum Gasteiger partial charge on any atom is -0.507 e. The molecule has 1 aliphatic heterocycles. The number of Topliss-reactive ketones (excluding diaryl/α,β-unsaturated/α-hetero) is 1. The van der Waals surface area contributed by atoms with Gasteiger partial charge in [0, 0.05) is 17.7 Å². The first-order chi connectivity index (χ1) is 10.5. The maximum Gasteiger partial charge on any atom is 0.174 e. The summed E-state index contributed by atoms with van der Waals surface area (Å²) in [6, 6.07) is 7.30. The molecule has 1 aliphatic rings. The zero-order chi connectivity index (χ0) is 15.9. The Kier molecular flexibility index (Phi) is 3.29. The van der Waals surface area contributed by atoms with Crippen LogP contribution in [0.1, 0.15) is 28.4 Å². The Bertz CT molecular complexity index is 753. The van der Waals surface area contributed by atoms with Gasteiger partial charge in [-0.1, -0.05) is 12.1 Å². The number of rotatable bonds is 2. The topological polar surface area (TPSA) is 96.2 Å². The van der Waals surface area contributed by atoms with Crippen LogP contribution in [0, 0.1) is 0 Å². The normalized spacial score (nSPS) is 16.8. The Morgan fingerprint density at radius 1 is 1.18 bits per heavy atom. The van der Waals surface area contributed by atoms with Crippen molar-refractivity contribution in [2.45, 2.75) is 12.5 Å². The van der Waals surface area contributed by atoms with E-state index in [-0.39, 0.29) is 40.8 Å². The van der Waals surface area contributed by atoms with Gasteiger partial charge in [0.15, 0.2) is 17.3 Å². The molecule has 22 heavy (non-hydrogen) atoms. The molecule has 3 rings (SSSR count). The monoisotopic (exact) mass is 302 g/mol. The van der Waals surface area contributed by atoms with Gasteiger partial charge in [0.05, 0.1) is 13.5 Å². The summed E-state index contributed by atoms with van der Waals surface area (Å²) in [6.45, 7) is 0. The van der Waals surface area contributed by atoms with Crippen molar-refractivity contribution in [1.29, 1.82) is 0 Å². The molecule has 1 heterocycles. The van der Waals surface area contributed by atoms with E-state index in [2.05, 4.69) is 0 Å². The molecule has 6 heteroatoms. The number of hydrogen-bond donors (Lipinski definition) is 3. The second kappa shape index (κ2) is 5.14. The van der Waals surface area contributed by atoms with Crippen LogP contribution in [0.5, 0.6) is 28.7 Å². The lowest BCUT2D eigenvalue weighted by Gasteiger charge is -2.26. The smallest absolute Gasteiger partial charge is 0.174 e. The second-order valence-corrected chi connectivity index (χ2v) is 4.97. The van der Waals surface area contributed by atoms with Gasteiger partial charge in [0.25, 0.3) is 0 Å². The van der Waals surface area contributed by atoms with E-state index < -0.39 is 6.10 Å². The summed E-state index contributed by atoms with van der Waals surface area (Å²) >= 11 is 0. The lowest BCUT2D eigenvalue weighted by molar-refractivity contribution is 0.0841. The van der Waals surface area contributed by atoms with Crippen molar-refractivity contribution in [3.8, 4) is 28.7 Å². The maximum absolute atomic E-state index is 12.3. The Morgan fingerprint density at radius 3 is 2.68 bits per heavy atom. The number of carbonyl (C=O) groups excluding carboxylic acids is 1. The van der Waals surface area contributed by atoms with Crippen molar-refractivity contribution in [2.24, 2.45) is 0 Å². The van der Waals surface area contributed by atoms with Gasteiger partial charge in [-0.15, -0.1) is 0 Å². The van der Waals surface area contributed by atoms with Crippen molar-refractivity contribution in [1.82, 2.24) is 0 Å². The van der Waals surface area contributed by atoms with Crippen molar-refractivity contribution in [2.75, 3.05) is 7.11 Å². The number of carbonyl (C=O) groups is 1. The predicted octanol–water partition coefficient (Wildman–Crippen LogP) is 2.52. The number of ketones is 1. The average Bonchev–Trinajstić information content (AvgIpc) is 2.49. The molecule has 1 atom stereocenters. The Hall–Kier alpha value is -2.89. The highest BCUT2D eigenvalue weighted by Crippen LogP contribution is 2.44. The van der Waals surface area contributed by atoms with Crippen LogP contribution in [0.2, 0.25) is 0 Å². The van der Waals surface area contributed by atoms with Gasteiger partial charge in [-0.3, -0.25) is 4.79 Å². The highest BCUT2D eigenvalue weighted by molar-refractivity contribution is 6.02. The molecule has 2 aromatic rings. The molecular formula is C16H14O6. The SMILES string of the molecule is COc1cc(O)c2c(c1)O[C@H](c1cccc(O)c1O)CC2=O. The van der Waals surface area contributed by atoms with Crippen molar-refractivity contribution >= 4 is 5.78 Å². The predicted molar refractivity (Wildman–Crippen MR) is 76.7 cm³/mol. The lowest BCUT2D eigenvalue weighted by Crippen LogP contribution is -2.20. The Balaban J connectivity index is 2.05. The Labute approximate surface area is 126 Å². The third-order valence-corrected chi connectivity index (χ3v) is 3.60. The molecule has 0 saturated carbocycles. The average molecular weight is 302 g/mol. The number of benzene rings is 2. The van der Waals surface area contributed by atoms with E-state index in [1.54, 1.807) is 12.1 Å². The zero-order valence-corrected chi connectivity index (χ0v) is 11.7. The van der Waals surface area contributed by atoms with Crippen LogP contribution in [0.25, 0.3) is 0 Å². The van der Waals surface area contributed by atoms with Crippen molar-refractivity contribution < 1.29 is 29.6 Å². The molecule has 0 amide bonds. The summed E-state index contributed by atoms with van der Waals surface area (Å²) in [5, 5.41) is 29.4. The summed E-state index contributed by atoms with van der Waals surface area (Å²) in [5.74, 6) is -0.596. The highest BCUT2D eigenvalue weighted by Gasteiger charge is 2.32. The number of phenolic OH excluding ortho intramolecular Hbond substituents is 3. The van der Waals surface area contributed by atoms with Crippen molar-refractivity contribution in [3.05, 3.63) is 41.5 Å². The summed E-state index contributed by atoms with van der Waals surface area (Å²) in [6.07, 6.45) is -0.803. The van der Waals surface area contributed by atoms with Crippen LogP contribution in [0.4, 0.5) is 0 Å². The minimum absolute atomic E-state index is 0.0517. The fourth-order valence-electron chi connectivity index (χ4n) is 2.51. The first-order valence-electron chi connectivity index (χ1n) is 6.63. The van der Waals surface area contributed by atoms with Crippen LogP contribution in [-0.2, 0) is 0 Å². The third kappa shape index (κ3) is 2.18. The van der Waals surface area contributed by atoms with E-state index in [9.17, 15) is 20.1 Å². The molecule has 0 bridgehead atoms. The van der Waals surface area contributed by atoms with Gasteiger partial charge in [-0.25, -0.2) is 0 Å². The molecule has 6 nitrogen and oxygen atoms in total. The molecule has 0 aliphatic carbocycles. The first-order valence-corrected chi connectivity index (χ1v) is 6.63. The number of ether oxygens (including phenoxy) is 2. The fourth-order valence-corrected chi connectivity index (χ4v) is 2.51. The molecule has 0 spiro atoms. The maximum atomic E-state index is 12.3. The van der Waals surface area contributed by atoms with Gasteiger partial charge in [-0.2, -0.15) is 0 Å². The summed E-state index contributed by atoms with van der Waals surface area (Å²) < 4.78 is 10.8. The van der Waals surface area contributed by atoms with E-state index in [1.165, 1.54) is 25.3 Å². The molecule has 0 unspecified atom stereocenters. The number of phenols is 3. The molecule has 0 radical (unpaired) electrons. The third-order valence-electron chi connectivity index (χ3n) is 3.60. The number of aromatic hydroxyl groups is 3. The van der Waals surface area contributed by atoms with Gasteiger partial charge < -0.3 is 24.8 Å². The molecule has 2 aromatic carbocycles. The number of fused-ring (bicyclic) bond motifs is 1. The second-order valence-electron chi connectivity index (χ2n) is 4.97. The lowest BCUT2D eigenvalue weighted by atomic mass is 9.95. The van der Waals surface area contributed by atoms with Gasteiger partial charge in [0.1, 0.15) is 28.9 Å². The minimum atomic E-state index is -0.751. The molecule has 0 saturated heterocycles. The van der Waals surface area contributed by atoms with E-state index in [0.29, 0.717) is 11.3 Å². The standard InChI is InChI=1S/C16H14O6/c1-21-8-5-11(18)15-12(19)7-13(22-14(15)6-8)9-3-2-4-10(17)16(9)20/h2-6,13,17-18,20H,7H2,1H3/t13-/m0/s1. The molecule has 114 valence electrons. The largest absolute Gasteiger partial charge is 0.507 e. The first kappa shape index (κ1) is 14.1. The molecular weight excluding hydrogens is 288 g/mol. The van der Waals surface area contributed by atoms with E-state index >= 15 is 0 Å². The molecule has 0 fully saturated rings. The van der Waals surface area contributed by atoms with Gasteiger partial charge >= 0.3 is 0 Å². The van der Waals surface area contributed by atoms with Gasteiger partial charge in [-0.05, 0) is 6.07 Å². The molecule has 3 N–H and O–H groups in total. The van der Waals surface area contributed by atoms with Gasteiger partial charge in [0.2, 0.25) is 0 Å². The fraction of sp³-hybridized carbons (Fsp3) is 0.188. The zero-order valence-electron chi connectivity index (χ0n) is 11.7. The van der Waals surface area contributed by atoms with E-state index in [0.717, 1.165) is 0 Å². The van der Waals surface area contributed by atoms with Crippen LogP contribution in [0.15, 0.2) is 30.3 Å². The number of methoxy groups -OCH3 is 1. The quantitative estimate of drug-likeness (QED) is 0.738. The summed E-state index contributed by atoms with van der Waals surface area (Å²) in [5.41, 5.74) is 0.401.